The third kappa shape index (κ3) is 3.08. The van der Waals surface area contributed by atoms with E-state index in [0.29, 0.717) is 17.7 Å². The van der Waals surface area contributed by atoms with E-state index in [9.17, 15) is 9.59 Å². The number of carbonyl (C=O) groups is 1. The molecule has 2 aliphatic rings. The molecule has 29 heavy (non-hydrogen) atoms. The zero-order chi connectivity index (χ0) is 20.2. The van der Waals surface area contributed by atoms with Crippen LogP contribution >= 0.6 is 0 Å². The average molecular weight is 391 g/mol. The van der Waals surface area contributed by atoms with E-state index in [1.165, 1.54) is 10.9 Å². The van der Waals surface area contributed by atoms with Gasteiger partial charge in [0.15, 0.2) is 0 Å². The summed E-state index contributed by atoms with van der Waals surface area (Å²) in [5.74, 6) is 0.426. The van der Waals surface area contributed by atoms with Crippen molar-refractivity contribution in [2.75, 3.05) is 33.2 Å². The summed E-state index contributed by atoms with van der Waals surface area (Å²) >= 11 is 0. The van der Waals surface area contributed by atoms with Crippen molar-refractivity contribution in [2.45, 2.75) is 19.8 Å². The molecule has 2 aliphatic heterocycles. The van der Waals surface area contributed by atoms with E-state index in [2.05, 4.69) is 23.0 Å². The van der Waals surface area contributed by atoms with Crippen molar-refractivity contribution in [3.05, 3.63) is 69.4 Å². The largest absolute Gasteiger partial charge is 0.427 e. The number of para-hydroxylation sites is 1. The fourth-order valence-electron chi connectivity index (χ4n) is 5.01. The topological polar surface area (TPSA) is 69.5 Å². The Bertz CT molecular complexity index is 1150. The van der Waals surface area contributed by atoms with Crippen molar-refractivity contribution in [2.24, 2.45) is 5.41 Å². The van der Waals surface area contributed by atoms with Crippen LogP contribution in [0.15, 0.2) is 45.7 Å². The van der Waals surface area contributed by atoms with Gasteiger partial charge in [-0.1, -0.05) is 18.2 Å². The van der Waals surface area contributed by atoms with Crippen LogP contribution in [0.25, 0.3) is 10.9 Å². The minimum atomic E-state index is -0.518. The molecule has 6 nitrogen and oxygen atoms in total. The zero-order valence-electron chi connectivity index (χ0n) is 16.8. The summed E-state index contributed by atoms with van der Waals surface area (Å²) in [6.45, 7) is 5.34. The molecule has 2 fully saturated rings. The Morgan fingerprint density at radius 1 is 1.17 bits per heavy atom. The number of hydrogen-bond donors (Lipinski definition) is 1. The quantitative estimate of drug-likeness (QED) is 0.742. The Hall–Kier alpha value is -2.86. The second-order valence-electron chi connectivity index (χ2n) is 8.75. The highest BCUT2D eigenvalue weighted by atomic mass is 16.4. The molecule has 1 N–H and O–H groups in total. The Kier molecular flexibility index (Phi) is 4.13. The predicted octanol–water partition coefficient (Wildman–Crippen LogP) is 2.60. The van der Waals surface area contributed by atoms with Crippen molar-refractivity contribution in [3.8, 4) is 0 Å². The first-order chi connectivity index (χ1) is 13.9. The van der Waals surface area contributed by atoms with Gasteiger partial charge in [0, 0.05) is 55.1 Å². The number of amides is 1. The van der Waals surface area contributed by atoms with Crippen LogP contribution in [0.1, 0.15) is 27.2 Å². The van der Waals surface area contributed by atoms with Crippen LogP contribution in [0.2, 0.25) is 0 Å². The number of aryl methyl sites for hydroxylation is 3. The average Bonchev–Trinajstić information content (AvgIpc) is 3.04. The fourth-order valence-corrected chi connectivity index (χ4v) is 5.01. The molecule has 0 radical (unpaired) electrons. The van der Waals surface area contributed by atoms with Gasteiger partial charge in [-0.25, -0.2) is 4.79 Å². The minimum absolute atomic E-state index is 0.184. The molecule has 150 valence electrons. The molecule has 3 aromatic rings. The third-order valence-electron chi connectivity index (χ3n) is 6.28. The Balaban J connectivity index is 1.29. The van der Waals surface area contributed by atoms with Gasteiger partial charge < -0.3 is 19.2 Å². The first kappa shape index (κ1) is 18.2. The monoisotopic (exact) mass is 391 g/mol. The highest BCUT2D eigenvalue weighted by molar-refractivity contribution is 5.95. The van der Waals surface area contributed by atoms with Gasteiger partial charge in [0.25, 0.3) is 5.91 Å². The minimum Gasteiger partial charge on any atom is -0.427 e. The third-order valence-corrected chi connectivity index (χ3v) is 6.28. The van der Waals surface area contributed by atoms with Crippen LogP contribution < -0.4 is 5.63 Å². The number of carbonyl (C=O) groups excluding carboxylic acids is 1. The van der Waals surface area contributed by atoms with Crippen LogP contribution in [0.4, 0.5) is 0 Å². The summed E-state index contributed by atoms with van der Waals surface area (Å²) in [6.07, 6.45) is 3.39. The van der Waals surface area contributed by atoms with Crippen molar-refractivity contribution in [1.82, 2.24) is 14.8 Å². The molecule has 0 unspecified atom stereocenters. The number of aromatic amines is 1. The maximum absolute atomic E-state index is 12.8. The molecule has 0 bridgehead atoms. The molecular formula is C23H25N3O3. The molecule has 0 aliphatic carbocycles. The Morgan fingerprint density at radius 3 is 2.66 bits per heavy atom. The molecule has 5 rings (SSSR count). The van der Waals surface area contributed by atoms with E-state index in [1.807, 2.05) is 37.4 Å². The number of benzene rings is 1. The second-order valence-corrected chi connectivity index (χ2v) is 8.75. The number of aromatic nitrogens is 1. The lowest BCUT2D eigenvalue weighted by Crippen LogP contribution is -2.72. The van der Waals surface area contributed by atoms with Crippen LogP contribution in [0.3, 0.4) is 0 Å². The summed E-state index contributed by atoms with van der Waals surface area (Å²) in [4.78, 5) is 32.7. The van der Waals surface area contributed by atoms with Gasteiger partial charge in [-0.3, -0.25) is 4.79 Å². The SMILES string of the molecule is Cc1cc(CCc2c[nH]c3ccccc23)oc(=O)c1C(=O)N1CC2(CN(C)C2)C1. The van der Waals surface area contributed by atoms with Crippen molar-refractivity contribution in [1.29, 1.82) is 0 Å². The molecule has 2 saturated heterocycles. The molecule has 1 spiro atoms. The number of rotatable bonds is 4. The van der Waals surface area contributed by atoms with E-state index in [4.69, 9.17) is 4.42 Å². The second kappa shape index (κ2) is 6.59. The lowest BCUT2D eigenvalue weighted by Gasteiger charge is -2.59. The van der Waals surface area contributed by atoms with E-state index >= 15 is 0 Å². The molecule has 0 saturated carbocycles. The van der Waals surface area contributed by atoms with Gasteiger partial charge in [0.1, 0.15) is 11.3 Å². The molecule has 1 aromatic carbocycles. The molecule has 2 aromatic heterocycles. The number of likely N-dealkylation sites (tertiary alicyclic amines) is 2. The van der Waals surface area contributed by atoms with Crippen LogP contribution in [0.5, 0.6) is 0 Å². The highest BCUT2D eigenvalue weighted by Crippen LogP contribution is 2.39. The van der Waals surface area contributed by atoms with Gasteiger partial charge in [0.05, 0.1) is 0 Å². The van der Waals surface area contributed by atoms with Crippen LogP contribution in [0, 0.1) is 12.3 Å². The van der Waals surface area contributed by atoms with E-state index in [0.717, 1.165) is 38.1 Å². The zero-order valence-corrected chi connectivity index (χ0v) is 16.8. The van der Waals surface area contributed by atoms with E-state index in [1.54, 1.807) is 4.90 Å². The molecule has 0 atom stereocenters. The maximum Gasteiger partial charge on any atom is 0.349 e. The maximum atomic E-state index is 12.8. The standard InChI is InChI=1S/C23H25N3O3/c1-15-9-17(8-7-16-10-24-19-6-4-3-5-18(16)19)29-22(28)20(15)21(27)26-13-23(14-26)11-25(2)12-23/h3-6,9-10,24H,7-8,11-14H2,1-2H3. The van der Waals surface area contributed by atoms with Crippen LogP contribution in [-0.4, -0.2) is 53.9 Å². The number of H-pyrrole nitrogens is 1. The fraction of sp³-hybridized carbons (Fsp3) is 0.391. The molecule has 4 heterocycles. The van der Waals surface area contributed by atoms with Crippen molar-refractivity contribution < 1.29 is 9.21 Å². The number of nitrogens with zero attached hydrogens (tertiary/aromatic N) is 2. The van der Waals surface area contributed by atoms with Crippen LogP contribution in [-0.2, 0) is 12.8 Å². The van der Waals surface area contributed by atoms with Gasteiger partial charge in [0.2, 0.25) is 0 Å². The smallest absolute Gasteiger partial charge is 0.349 e. The normalized spacial score (nSPS) is 18.1. The number of hydrogen-bond acceptors (Lipinski definition) is 4. The molecular weight excluding hydrogens is 366 g/mol. The number of fused-ring (bicyclic) bond motifs is 1. The van der Waals surface area contributed by atoms with Gasteiger partial charge in [-0.2, -0.15) is 0 Å². The predicted molar refractivity (Wildman–Crippen MR) is 111 cm³/mol. The first-order valence-electron chi connectivity index (χ1n) is 10.1. The molecule has 6 heteroatoms. The first-order valence-corrected chi connectivity index (χ1v) is 10.1. The van der Waals surface area contributed by atoms with Gasteiger partial charge in [-0.05, 0) is 43.7 Å². The van der Waals surface area contributed by atoms with Crippen molar-refractivity contribution >= 4 is 16.8 Å². The Morgan fingerprint density at radius 2 is 1.93 bits per heavy atom. The van der Waals surface area contributed by atoms with Crippen molar-refractivity contribution in [3.63, 3.8) is 0 Å². The van der Waals surface area contributed by atoms with Gasteiger partial charge >= 0.3 is 5.63 Å². The summed E-state index contributed by atoms with van der Waals surface area (Å²) in [5, 5.41) is 1.19. The van der Waals surface area contributed by atoms with E-state index < -0.39 is 5.63 Å². The summed E-state index contributed by atoms with van der Waals surface area (Å²) in [7, 11) is 2.09. The number of nitrogens with one attached hydrogen (secondary N) is 1. The lowest BCUT2D eigenvalue weighted by atomic mass is 9.73. The van der Waals surface area contributed by atoms with E-state index in [-0.39, 0.29) is 16.9 Å². The highest BCUT2D eigenvalue weighted by Gasteiger charge is 2.52. The summed E-state index contributed by atoms with van der Waals surface area (Å²) in [6, 6.07) is 10.0. The van der Waals surface area contributed by atoms with Gasteiger partial charge in [-0.15, -0.1) is 0 Å². The molecule has 1 amide bonds. The summed E-state index contributed by atoms with van der Waals surface area (Å²) < 4.78 is 5.53. The Labute approximate surface area is 169 Å². The lowest BCUT2D eigenvalue weighted by molar-refractivity contribution is -0.0873. The summed E-state index contributed by atoms with van der Waals surface area (Å²) in [5.41, 5.74) is 2.91.